The first kappa shape index (κ1) is 12.0. The molecule has 82 valence electrons. The minimum Gasteiger partial charge on any atom is -0.459 e. The average molecular weight is 216 g/mol. The summed E-state index contributed by atoms with van der Waals surface area (Å²) in [5.41, 5.74) is 2.17. The molecule has 0 aliphatic rings. The van der Waals surface area contributed by atoms with Crippen molar-refractivity contribution in [3.8, 4) is 11.8 Å². The van der Waals surface area contributed by atoms with Crippen molar-refractivity contribution in [3.05, 3.63) is 34.9 Å². The molecule has 1 aromatic carbocycles. The molecule has 0 saturated heterocycles. The van der Waals surface area contributed by atoms with Crippen molar-refractivity contribution >= 4 is 11.8 Å². The van der Waals surface area contributed by atoms with Crippen LogP contribution in [-0.2, 0) is 9.53 Å². The number of carbonyl (C=O) groups is 2. The molecule has 0 amide bonds. The van der Waals surface area contributed by atoms with Gasteiger partial charge in [-0.05, 0) is 25.5 Å². The van der Waals surface area contributed by atoms with E-state index in [0.717, 1.165) is 5.56 Å². The van der Waals surface area contributed by atoms with Gasteiger partial charge in [-0.3, -0.25) is 4.79 Å². The van der Waals surface area contributed by atoms with E-state index in [0.29, 0.717) is 11.1 Å². The Hall–Kier alpha value is -2.08. The second-order valence-corrected chi connectivity index (χ2v) is 3.33. The summed E-state index contributed by atoms with van der Waals surface area (Å²) in [5.74, 6) is 4.40. The molecule has 0 saturated carbocycles. The molecule has 0 unspecified atom stereocenters. The second-order valence-electron chi connectivity index (χ2n) is 3.33. The normalized spacial score (nSPS) is 8.94. The SMILES string of the molecule is COC(=O)C#Cc1cc(C(C)=O)ccc1C. The molecule has 0 N–H and O–H groups in total. The summed E-state index contributed by atoms with van der Waals surface area (Å²) >= 11 is 0. The number of ether oxygens (including phenoxy) is 1. The molecule has 3 nitrogen and oxygen atoms in total. The molecule has 1 aromatic rings. The first-order chi connectivity index (χ1) is 7.54. The fraction of sp³-hybridized carbons (Fsp3) is 0.231. The number of methoxy groups -OCH3 is 1. The van der Waals surface area contributed by atoms with Crippen molar-refractivity contribution in [1.29, 1.82) is 0 Å². The first-order valence-corrected chi connectivity index (χ1v) is 4.76. The maximum Gasteiger partial charge on any atom is 0.384 e. The minimum atomic E-state index is -0.590. The molecule has 0 fully saturated rings. The van der Waals surface area contributed by atoms with Crippen molar-refractivity contribution in [2.75, 3.05) is 7.11 Å². The number of carbonyl (C=O) groups excluding carboxylic acids is 2. The monoisotopic (exact) mass is 216 g/mol. The van der Waals surface area contributed by atoms with Crippen molar-refractivity contribution < 1.29 is 14.3 Å². The van der Waals surface area contributed by atoms with Gasteiger partial charge >= 0.3 is 5.97 Å². The average Bonchev–Trinajstić information content (AvgIpc) is 2.27. The van der Waals surface area contributed by atoms with Crippen LogP contribution in [0.15, 0.2) is 18.2 Å². The maximum atomic E-state index is 11.2. The van der Waals surface area contributed by atoms with Crippen LogP contribution in [0.1, 0.15) is 28.4 Å². The van der Waals surface area contributed by atoms with Crippen LogP contribution in [0.4, 0.5) is 0 Å². The zero-order valence-electron chi connectivity index (χ0n) is 9.46. The molecule has 0 radical (unpaired) electrons. The third kappa shape index (κ3) is 2.96. The van der Waals surface area contributed by atoms with Crippen LogP contribution in [0.25, 0.3) is 0 Å². The second kappa shape index (κ2) is 5.13. The van der Waals surface area contributed by atoms with E-state index in [-0.39, 0.29) is 5.78 Å². The zero-order chi connectivity index (χ0) is 12.1. The quantitative estimate of drug-likeness (QED) is 0.408. The molecular formula is C13H12O3. The lowest BCUT2D eigenvalue weighted by Gasteiger charge is -2.00. The van der Waals surface area contributed by atoms with Gasteiger partial charge in [-0.25, -0.2) is 4.79 Å². The molecule has 3 heteroatoms. The van der Waals surface area contributed by atoms with E-state index in [1.54, 1.807) is 18.2 Å². The lowest BCUT2D eigenvalue weighted by atomic mass is 10.0. The van der Waals surface area contributed by atoms with E-state index in [4.69, 9.17) is 0 Å². The highest BCUT2D eigenvalue weighted by Gasteiger charge is 2.02. The van der Waals surface area contributed by atoms with Crippen LogP contribution < -0.4 is 0 Å². The van der Waals surface area contributed by atoms with Crippen molar-refractivity contribution in [3.63, 3.8) is 0 Å². The summed E-state index contributed by atoms with van der Waals surface area (Å²) in [7, 11) is 1.27. The third-order valence-electron chi connectivity index (χ3n) is 2.13. The number of esters is 1. The predicted octanol–water partition coefficient (Wildman–Crippen LogP) is 1.72. The lowest BCUT2D eigenvalue weighted by molar-refractivity contribution is -0.133. The molecule has 0 spiro atoms. The first-order valence-electron chi connectivity index (χ1n) is 4.76. The van der Waals surface area contributed by atoms with Gasteiger partial charge in [0.25, 0.3) is 0 Å². The minimum absolute atomic E-state index is 0.0267. The van der Waals surface area contributed by atoms with Gasteiger partial charge in [0, 0.05) is 17.0 Å². The summed E-state index contributed by atoms with van der Waals surface area (Å²) < 4.78 is 4.41. The van der Waals surface area contributed by atoms with E-state index in [1.807, 2.05) is 6.92 Å². The van der Waals surface area contributed by atoms with E-state index < -0.39 is 5.97 Å². The van der Waals surface area contributed by atoms with Crippen LogP contribution in [0.3, 0.4) is 0 Å². The molecule has 0 bridgehead atoms. The Bertz CT molecular complexity index is 490. The predicted molar refractivity (Wildman–Crippen MR) is 60.1 cm³/mol. The Morgan fingerprint density at radius 3 is 2.56 bits per heavy atom. The topological polar surface area (TPSA) is 43.4 Å². The van der Waals surface area contributed by atoms with Gasteiger partial charge in [0.05, 0.1) is 7.11 Å². The molecule has 0 aliphatic heterocycles. The summed E-state index contributed by atoms with van der Waals surface area (Å²) in [4.78, 5) is 22.0. The molecular weight excluding hydrogens is 204 g/mol. The molecule has 0 atom stereocenters. The number of aryl methyl sites for hydroxylation is 1. The van der Waals surface area contributed by atoms with Crippen LogP contribution in [-0.4, -0.2) is 18.9 Å². The molecule has 0 aliphatic carbocycles. The number of rotatable bonds is 1. The van der Waals surface area contributed by atoms with Gasteiger partial charge in [0.1, 0.15) is 0 Å². The van der Waals surface area contributed by atoms with E-state index in [2.05, 4.69) is 16.6 Å². The number of ketones is 1. The smallest absolute Gasteiger partial charge is 0.384 e. The Morgan fingerprint density at radius 1 is 1.31 bits per heavy atom. The molecule has 1 rings (SSSR count). The van der Waals surface area contributed by atoms with Crippen LogP contribution in [0.5, 0.6) is 0 Å². The van der Waals surface area contributed by atoms with Gasteiger partial charge in [-0.2, -0.15) is 0 Å². The van der Waals surface area contributed by atoms with Crippen molar-refractivity contribution in [2.24, 2.45) is 0 Å². The maximum absolute atomic E-state index is 11.2. The third-order valence-corrected chi connectivity index (χ3v) is 2.13. The Balaban J connectivity index is 3.11. The van der Waals surface area contributed by atoms with Crippen LogP contribution in [0.2, 0.25) is 0 Å². The fourth-order valence-electron chi connectivity index (χ4n) is 1.15. The van der Waals surface area contributed by atoms with E-state index in [1.165, 1.54) is 14.0 Å². The number of benzene rings is 1. The number of Topliss-reactive ketones (excluding diaryl/α,β-unsaturated/α-hetero) is 1. The summed E-state index contributed by atoms with van der Waals surface area (Å²) in [5, 5.41) is 0. The van der Waals surface area contributed by atoms with E-state index >= 15 is 0 Å². The number of hydrogen-bond donors (Lipinski definition) is 0. The van der Waals surface area contributed by atoms with E-state index in [9.17, 15) is 9.59 Å². The molecule has 0 aromatic heterocycles. The Kier molecular flexibility index (Phi) is 3.84. The molecule has 0 heterocycles. The Morgan fingerprint density at radius 2 is 2.00 bits per heavy atom. The van der Waals surface area contributed by atoms with Gasteiger partial charge < -0.3 is 4.74 Å². The van der Waals surface area contributed by atoms with Crippen molar-refractivity contribution in [1.82, 2.24) is 0 Å². The largest absolute Gasteiger partial charge is 0.459 e. The summed E-state index contributed by atoms with van der Waals surface area (Å²) in [6.45, 7) is 3.35. The summed E-state index contributed by atoms with van der Waals surface area (Å²) in [6, 6.07) is 5.21. The highest BCUT2D eigenvalue weighted by atomic mass is 16.5. The van der Waals surface area contributed by atoms with Gasteiger partial charge in [0.2, 0.25) is 0 Å². The summed E-state index contributed by atoms with van der Waals surface area (Å²) in [6.07, 6.45) is 0. The van der Waals surface area contributed by atoms with Crippen LogP contribution in [0, 0.1) is 18.8 Å². The zero-order valence-corrected chi connectivity index (χ0v) is 9.46. The highest BCUT2D eigenvalue weighted by Crippen LogP contribution is 2.10. The standard InChI is InChI=1S/C13H12O3/c1-9-4-5-12(10(2)14)8-11(9)6-7-13(15)16-3/h4-5,8H,1-3H3. The lowest BCUT2D eigenvalue weighted by Crippen LogP contribution is -1.96. The number of hydrogen-bond acceptors (Lipinski definition) is 3. The van der Waals surface area contributed by atoms with Gasteiger partial charge in [-0.15, -0.1) is 0 Å². The van der Waals surface area contributed by atoms with Crippen molar-refractivity contribution in [2.45, 2.75) is 13.8 Å². The van der Waals surface area contributed by atoms with Gasteiger partial charge in [0.15, 0.2) is 5.78 Å². The van der Waals surface area contributed by atoms with Gasteiger partial charge in [-0.1, -0.05) is 18.1 Å². The Labute approximate surface area is 94.4 Å². The molecule has 16 heavy (non-hydrogen) atoms. The fourth-order valence-corrected chi connectivity index (χ4v) is 1.15. The van der Waals surface area contributed by atoms with Crippen LogP contribution >= 0.6 is 0 Å². The highest BCUT2D eigenvalue weighted by molar-refractivity contribution is 5.94.